The third-order valence-electron chi connectivity index (χ3n) is 6.98. The molecule has 2 aliphatic carbocycles. The minimum Gasteiger partial charge on any atom is -0.451 e. The molecule has 0 aliphatic heterocycles. The molecule has 3 aromatic heterocycles. The molecule has 3 heterocycles. The number of benzene rings is 1. The first kappa shape index (κ1) is 26.2. The Bertz CT molecular complexity index is 1780. The van der Waals surface area contributed by atoms with Crippen LogP contribution in [-0.4, -0.2) is 48.0 Å². The van der Waals surface area contributed by atoms with Gasteiger partial charge in [0.25, 0.3) is 11.8 Å². The maximum Gasteiger partial charge on any atom is 0.449 e. The molecule has 1 unspecified atom stereocenters. The van der Waals surface area contributed by atoms with Crippen molar-refractivity contribution in [1.29, 1.82) is 0 Å². The highest BCUT2D eigenvalue weighted by Crippen LogP contribution is 2.37. The molecule has 12 nitrogen and oxygen atoms in total. The summed E-state index contributed by atoms with van der Waals surface area (Å²) in [4.78, 5) is 45.5. The molecule has 210 valence electrons. The summed E-state index contributed by atoms with van der Waals surface area (Å²) in [6.07, 6.45) is 2.33. The second-order valence-corrected chi connectivity index (χ2v) is 9.62. The quantitative estimate of drug-likeness (QED) is 0.321. The van der Waals surface area contributed by atoms with Crippen LogP contribution in [0, 0.1) is 0 Å². The number of carbonyl (C=O) groups excluding carboxylic acids is 2. The maximum absolute atomic E-state index is 13.0. The summed E-state index contributed by atoms with van der Waals surface area (Å²) < 4.78 is 44.9. The lowest BCUT2D eigenvalue weighted by Gasteiger charge is -2.20. The molecular formula is C26H21F3N8O4. The van der Waals surface area contributed by atoms with Crippen molar-refractivity contribution in [2.24, 2.45) is 0 Å². The number of rotatable bonds is 6. The Hall–Kier alpha value is -5.08. The van der Waals surface area contributed by atoms with Gasteiger partial charge in [-0.05, 0) is 58.5 Å². The first-order valence-electron chi connectivity index (χ1n) is 12.6. The molecule has 4 aromatic rings. The number of aromatic nitrogens is 6. The molecule has 0 saturated heterocycles. The zero-order chi connectivity index (χ0) is 28.7. The molecule has 1 aromatic carbocycles. The Morgan fingerprint density at radius 1 is 1.12 bits per heavy atom. The van der Waals surface area contributed by atoms with Gasteiger partial charge in [0, 0.05) is 18.0 Å². The van der Waals surface area contributed by atoms with E-state index in [1.54, 1.807) is 6.07 Å². The van der Waals surface area contributed by atoms with Crippen molar-refractivity contribution in [2.75, 3.05) is 0 Å². The number of nitrogens with zero attached hydrogens (tertiary/aromatic N) is 5. The van der Waals surface area contributed by atoms with E-state index >= 15 is 0 Å². The molecule has 0 spiro atoms. The summed E-state index contributed by atoms with van der Waals surface area (Å²) in [6, 6.07) is 6.14. The van der Waals surface area contributed by atoms with Crippen molar-refractivity contribution in [3.63, 3.8) is 0 Å². The summed E-state index contributed by atoms with van der Waals surface area (Å²) in [5.74, 6) is -2.17. The second-order valence-electron chi connectivity index (χ2n) is 9.62. The van der Waals surface area contributed by atoms with Crippen molar-refractivity contribution in [1.82, 2.24) is 40.8 Å². The van der Waals surface area contributed by atoms with Gasteiger partial charge >= 0.3 is 11.9 Å². The number of allylic oxidation sites excluding steroid dienone is 2. The second kappa shape index (κ2) is 10.1. The van der Waals surface area contributed by atoms with Gasteiger partial charge < -0.3 is 15.1 Å². The number of fused-ring (bicyclic) bond motifs is 2. The molecule has 15 heteroatoms. The largest absolute Gasteiger partial charge is 0.451 e. The van der Waals surface area contributed by atoms with Crippen molar-refractivity contribution >= 4 is 22.8 Å². The predicted octanol–water partition coefficient (Wildman–Crippen LogP) is 2.84. The normalized spacial score (nSPS) is 18.5. The topological polar surface area (TPSA) is 161 Å². The first-order chi connectivity index (χ1) is 19.7. The van der Waals surface area contributed by atoms with E-state index in [1.807, 2.05) is 12.2 Å². The van der Waals surface area contributed by atoms with Gasteiger partial charge in [-0.1, -0.05) is 24.3 Å². The molecule has 1 saturated carbocycles. The molecule has 2 aliphatic rings. The van der Waals surface area contributed by atoms with E-state index in [1.165, 1.54) is 22.9 Å². The van der Waals surface area contributed by atoms with E-state index in [4.69, 9.17) is 4.42 Å². The highest BCUT2D eigenvalue weighted by Gasteiger charge is 2.35. The van der Waals surface area contributed by atoms with Crippen LogP contribution in [-0.2, 0) is 12.7 Å². The molecule has 2 amide bonds. The van der Waals surface area contributed by atoms with Gasteiger partial charge in [-0.25, -0.2) is 19.9 Å². The number of alkyl halides is 3. The maximum atomic E-state index is 13.0. The number of furan rings is 1. The van der Waals surface area contributed by atoms with Gasteiger partial charge in [0.1, 0.15) is 23.3 Å². The zero-order valence-corrected chi connectivity index (χ0v) is 21.1. The van der Waals surface area contributed by atoms with Crippen LogP contribution in [0.3, 0.4) is 0 Å². The van der Waals surface area contributed by atoms with Crippen LogP contribution in [0.2, 0.25) is 0 Å². The zero-order valence-electron chi connectivity index (χ0n) is 21.1. The fourth-order valence-corrected chi connectivity index (χ4v) is 5.00. The lowest BCUT2D eigenvalue weighted by atomic mass is 9.95. The van der Waals surface area contributed by atoms with Crippen LogP contribution >= 0.6 is 0 Å². The first-order valence-corrected chi connectivity index (χ1v) is 12.6. The molecule has 3 N–H and O–H groups in total. The fraction of sp³-hybridized carbons (Fsp3) is 0.269. The molecular weight excluding hydrogens is 545 g/mol. The highest BCUT2D eigenvalue weighted by molar-refractivity contribution is 5.97. The molecule has 2 atom stereocenters. The number of hydrogen-bond acceptors (Lipinski definition) is 8. The van der Waals surface area contributed by atoms with Crippen molar-refractivity contribution < 1.29 is 27.2 Å². The van der Waals surface area contributed by atoms with Crippen LogP contribution in [0.1, 0.15) is 57.6 Å². The van der Waals surface area contributed by atoms with E-state index in [-0.39, 0.29) is 41.0 Å². The van der Waals surface area contributed by atoms with Crippen molar-refractivity contribution in [3.05, 3.63) is 93.2 Å². The Kier molecular flexibility index (Phi) is 6.47. The number of amides is 2. The summed E-state index contributed by atoms with van der Waals surface area (Å²) in [6.45, 7) is -0.00481. The lowest BCUT2D eigenvalue weighted by molar-refractivity contribution is -0.152. The number of tetrazole rings is 1. The van der Waals surface area contributed by atoms with Gasteiger partial charge in [-0.3, -0.25) is 9.59 Å². The molecule has 1 fully saturated rings. The van der Waals surface area contributed by atoms with Crippen LogP contribution < -0.4 is 16.3 Å². The van der Waals surface area contributed by atoms with E-state index in [0.717, 1.165) is 23.5 Å². The highest BCUT2D eigenvalue weighted by atomic mass is 19.4. The average molecular weight is 567 g/mol. The summed E-state index contributed by atoms with van der Waals surface area (Å²) in [7, 11) is 0. The van der Waals surface area contributed by atoms with E-state index < -0.39 is 29.4 Å². The number of hydrogen-bond donors (Lipinski definition) is 3. The third kappa shape index (κ3) is 5.25. The molecule has 6 rings (SSSR count). The van der Waals surface area contributed by atoms with Crippen molar-refractivity contribution in [3.8, 4) is 0 Å². The SMILES string of the molecule is O=C(NCc1ccc2cc(C(F)(F)F)oc2c1)c1cc(C(=O)N[C@H]2CCC3=CC(n4nn[nH]c4=O)CC=C32)ncn1. The lowest BCUT2D eigenvalue weighted by Crippen LogP contribution is -2.35. The van der Waals surface area contributed by atoms with E-state index in [0.29, 0.717) is 24.8 Å². The molecule has 0 bridgehead atoms. The third-order valence-corrected chi connectivity index (χ3v) is 6.98. The standard InChI is InChI=1S/C26H21F3N8O4/c27-26(28,29)22-9-15-2-1-13(7-21(15)41-22)11-30-23(38)19-10-20(32-12-31-19)24(39)33-18-6-3-14-8-16(4-5-17(14)18)37-25(40)34-35-36-37/h1-2,5,7-10,12,16,18H,3-4,6,11H2,(H,30,38)(H,33,39)(H,34,36,40)/t16?,18-/m0/s1. The van der Waals surface area contributed by atoms with Gasteiger partial charge in [-0.2, -0.15) is 17.9 Å². The van der Waals surface area contributed by atoms with Crippen LogP contribution in [0.5, 0.6) is 0 Å². The van der Waals surface area contributed by atoms with Crippen LogP contribution in [0.15, 0.2) is 69.2 Å². The van der Waals surface area contributed by atoms with Crippen LogP contribution in [0.4, 0.5) is 13.2 Å². The Labute approximate surface area is 228 Å². The average Bonchev–Trinajstić information content (AvgIpc) is 3.69. The van der Waals surface area contributed by atoms with Gasteiger partial charge in [0.2, 0.25) is 5.76 Å². The molecule has 0 radical (unpaired) electrons. The number of aromatic amines is 1. The van der Waals surface area contributed by atoms with Gasteiger partial charge in [-0.15, -0.1) is 0 Å². The molecule has 41 heavy (non-hydrogen) atoms. The monoisotopic (exact) mass is 566 g/mol. The smallest absolute Gasteiger partial charge is 0.449 e. The minimum atomic E-state index is -4.60. The summed E-state index contributed by atoms with van der Waals surface area (Å²) >= 11 is 0. The fourth-order valence-electron chi connectivity index (χ4n) is 5.00. The number of H-pyrrole nitrogens is 1. The number of carbonyl (C=O) groups is 2. The number of halogens is 3. The predicted molar refractivity (Wildman–Crippen MR) is 135 cm³/mol. The Balaban J connectivity index is 1.08. The van der Waals surface area contributed by atoms with Gasteiger partial charge in [0.05, 0.1) is 12.1 Å². The van der Waals surface area contributed by atoms with Crippen LogP contribution in [0.25, 0.3) is 11.0 Å². The minimum absolute atomic E-state index is 0.00250. The van der Waals surface area contributed by atoms with Gasteiger partial charge in [0.15, 0.2) is 0 Å². The van der Waals surface area contributed by atoms with E-state index in [2.05, 4.69) is 36.1 Å². The van der Waals surface area contributed by atoms with Crippen molar-refractivity contribution in [2.45, 2.75) is 44.1 Å². The number of nitrogens with one attached hydrogen (secondary N) is 3. The summed E-state index contributed by atoms with van der Waals surface area (Å²) in [5, 5.41) is 15.5. The van der Waals surface area contributed by atoms with E-state index in [9.17, 15) is 27.6 Å². The summed E-state index contributed by atoms with van der Waals surface area (Å²) in [5.41, 5.74) is 2.11. The Morgan fingerprint density at radius 2 is 1.93 bits per heavy atom. The Morgan fingerprint density at radius 3 is 2.68 bits per heavy atom.